The Balaban J connectivity index is 1.55. The highest BCUT2D eigenvalue weighted by atomic mass is 35.5. The lowest BCUT2D eigenvalue weighted by atomic mass is 10.2. The fourth-order valence-electron chi connectivity index (χ4n) is 4.03. The third-order valence-corrected chi connectivity index (χ3v) is 9.33. The van der Waals surface area contributed by atoms with Crippen LogP contribution in [-0.4, -0.2) is 39.3 Å². The van der Waals surface area contributed by atoms with Crippen LogP contribution in [0.25, 0.3) is 0 Å². The average molecular weight is 614 g/mol. The van der Waals surface area contributed by atoms with Gasteiger partial charge in [-0.1, -0.05) is 29.3 Å². The highest BCUT2D eigenvalue weighted by Crippen LogP contribution is 2.29. The number of aryl methyl sites for hydroxylation is 4. The first-order valence-electron chi connectivity index (χ1n) is 12.4. The summed E-state index contributed by atoms with van der Waals surface area (Å²) >= 11 is 6.09. The molecule has 4 rings (SSSR count). The summed E-state index contributed by atoms with van der Waals surface area (Å²) in [5, 5.41) is 3.07. The largest absolute Gasteiger partial charge is 0.325 e. The minimum absolute atomic E-state index is 0.0279. The van der Waals surface area contributed by atoms with E-state index >= 15 is 0 Å². The Bertz CT molecular complexity index is 1790. The zero-order valence-corrected chi connectivity index (χ0v) is 25.1. The number of benzene rings is 3. The summed E-state index contributed by atoms with van der Waals surface area (Å²) < 4.78 is 56.3. The summed E-state index contributed by atoms with van der Waals surface area (Å²) in [6.07, 6.45) is 0. The number of nitrogens with zero attached hydrogens (tertiary/aromatic N) is 3. The number of carbonyl (C=O) groups is 1. The lowest BCUT2D eigenvalue weighted by Crippen LogP contribution is -2.38. The molecule has 0 aliphatic rings. The molecule has 1 aromatic heterocycles. The summed E-state index contributed by atoms with van der Waals surface area (Å²) in [5.74, 6) is -0.681. The molecular formula is C28H28ClN5O5S2. The number of anilines is 3. The third-order valence-electron chi connectivity index (χ3n) is 5.98. The predicted molar refractivity (Wildman–Crippen MR) is 159 cm³/mol. The van der Waals surface area contributed by atoms with Gasteiger partial charge in [0.25, 0.3) is 20.0 Å². The first-order valence-corrected chi connectivity index (χ1v) is 15.7. The number of amides is 1. The fraction of sp³-hybridized carbons (Fsp3) is 0.179. The van der Waals surface area contributed by atoms with Crippen molar-refractivity contribution in [3.63, 3.8) is 0 Å². The molecule has 3 aromatic carbocycles. The Kier molecular flexibility index (Phi) is 8.66. The van der Waals surface area contributed by atoms with Gasteiger partial charge in [-0.3, -0.25) is 9.10 Å². The number of hydrogen-bond donors (Lipinski definition) is 2. The van der Waals surface area contributed by atoms with Gasteiger partial charge in [0, 0.05) is 22.1 Å². The molecular weight excluding hydrogens is 586 g/mol. The van der Waals surface area contributed by atoms with Crippen molar-refractivity contribution < 1.29 is 21.6 Å². The van der Waals surface area contributed by atoms with Crippen LogP contribution in [0.1, 0.15) is 22.5 Å². The molecule has 0 spiro atoms. The molecule has 1 amide bonds. The molecule has 4 aromatic rings. The van der Waals surface area contributed by atoms with E-state index in [2.05, 4.69) is 20.0 Å². The summed E-state index contributed by atoms with van der Waals surface area (Å²) in [4.78, 5) is 21.2. The Morgan fingerprint density at radius 3 is 1.98 bits per heavy atom. The van der Waals surface area contributed by atoms with E-state index in [9.17, 15) is 21.6 Å². The van der Waals surface area contributed by atoms with Gasteiger partial charge in [0.1, 0.15) is 6.54 Å². The van der Waals surface area contributed by atoms with Gasteiger partial charge in [-0.05, 0) is 93.9 Å². The van der Waals surface area contributed by atoms with Crippen molar-refractivity contribution in [2.24, 2.45) is 0 Å². The second-order valence-electron chi connectivity index (χ2n) is 9.41. The van der Waals surface area contributed by atoms with Crippen molar-refractivity contribution in [1.82, 2.24) is 9.97 Å². The van der Waals surface area contributed by atoms with Crippen LogP contribution in [0.4, 0.5) is 17.3 Å². The van der Waals surface area contributed by atoms with E-state index in [1.54, 1.807) is 57.2 Å². The SMILES string of the molecule is Cc1ccc(S(=O)(=O)N(CC(=O)Nc2ccc(S(=O)(=O)Nc3nc(C)cc(C)n3)cc2)c2ccc(Cl)cc2C)cc1. The zero-order valence-electron chi connectivity index (χ0n) is 22.7. The molecule has 0 radical (unpaired) electrons. The maximum Gasteiger partial charge on any atom is 0.264 e. The normalized spacial score (nSPS) is 11.6. The van der Waals surface area contributed by atoms with Crippen LogP contribution in [0.15, 0.2) is 82.6 Å². The molecule has 0 unspecified atom stereocenters. The number of carbonyl (C=O) groups excluding carboxylic acids is 1. The second-order valence-corrected chi connectivity index (χ2v) is 13.4. The highest BCUT2D eigenvalue weighted by Gasteiger charge is 2.28. The first-order chi connectivity index (χ1) is 19.2. The molecule has 0 saturated heterocycles. The fourth-order valence-corrected chi connectivity index (χ4v) is 6.69. The Morgan fingerprint density at radius 2 is 1.39 bits per heavy atom. The molecule has 214 valence electrons. The molecule has 1 heterocycles. The molecule has 0 bridgehead atoms. The van der Waals surface area contributed by atoms with Gasteiger partial charge >= 0.3 is 0 Å². The van der Waals surface area contributed by atoms with Gasteiger partial charge < -0.3 is 5.32 Å². The summed E-state index contributed by atoms with van der Waals surface area (Å²) in [7, 11) is -8.12. The number of aromatic nitrogens is 2. The molecule has 41 heavy (non-hydrogen) atoms. The lowest BCUT2D eigenvalue weighted by molar-refractivity contribution is -0.114. The van der Waals surface area contributed by atoms with Crippen LogP contribution in [-0.2, 0) is 24.8 Å². The molecule has 10 nitrogen and oxygen atoms in total. The quantitative estimate of drug-likeness (QED) is 0.271. The number of nitrogens with one attached hydrogen (secondary N) is 2. The monoisotopic (exact) mass is 613 g/mol. The van der Waals surface area contributed by atoms with Crippen molar-refractivity contribution in [3.05, 3.63) is 100 Å². The van der Waals surface area contributed by atoms with Gasteiger partial charge in [-0.15, -0.1) is 0 Å². The van der Waals surface area contributed by atoms with Crippen LogP contribution in [0.5, 0.6) is 0 Å². The number of hydrogen-bond acceptors (Lipinski definition) is 7. The van der Waals surface area contributed by atoms with Gasteiger partial charge in [0.15, 0.2) is 0 Å². The molecule has 13 heteroatoms. The highest BCUT2D eigenvalue weighted by molar-refractivity contribution is 7.93. The zero-order chi connectivity index (χ0) is 29.9. The van der Waals surface area contributed by atoms with E-state index < -0.39 is 32.5 Å². The van der Waals surface area contributed by atoms with E-state index in [0.29, 0.717) is 27.7 Å². The van der Waals surface area contributed by atoms with Crippen LogP contribution in [0, 0.1) is 27.7 Å². The molecule has 0 fully saturated rings. The van der Waals surface area contributed by atoms with Crippen molar-refractivity contribution in [3.8, 4) is 0 Å². The first kappa shape index (κ1) is 30.0. The van der Waals surface area contributed by atoms with Gasteiger partial charge in [-0.2, -0.15) is 0 Å². The van der Waals surface area contributed by atoms with E-state index in [4.69, 9.17) is 11.6 Å². The third kappa shape index (κ3) is 7.20. The van der Waals surface area contributed by atoms with E-state index in [-0.39, 0.29) is 21.4 Å². The number of sulfonamides is 2. The minimum atomic E-state index is -4.13. The lowest BCUT2D eigenvalue weighted by Gasteiger charge is -2.26. The van der Waals surface area contributed by atoms with Crippen LogP contribution in [0.3, 0.4) is 0 Å². The molecule has 0 aliphatic heterocycles. The maximum atomic E-state index is 13.6. The minimum Gasteiger partial charge on any atom is -0.325 e. The molecule has 0 atom stereocenters. The Hall–Kier alpha value is -4.00. The van der Waals surface area contributed by atoms with Crippen molar-refractivity contribution in [1.29, 1.82) is 0 Å². The van der Waals surface area contributed by atoms with Crippen molar-refractivity contribution in [2.75, 3.05) is 20.9 Å². The summed E-state index contributed by atoms with van der Waals surface area (Å²) in [6.45, 7) is 6.46. The standard InChI is InChI=1S/C28H28ClN5O5S2/c1-18-5-10-25(11-6-18)41(38,39)34(26-14-7-22(29)15-19(26)2)17-27(35)32-23-8-12-24(13-9-23)40(36,37)33-28-30-20(3)16-21(4)31-28/h5-16H,17H2,1-4H3,(H,32,35)(H,30,31,33). The van der Waals surface area contributed by atoms with Crippen LogP contribution < -0.4 is 14.3 Å². The molecule has 0 saturated carbocycles. The summed E-state index contributed by atoms with van der Waals surface area (Å²) in [6, 6.07) is 18.2. The summed E-state index contributed by atoms with van der Waals surface area (Å²) in [5.41, 5.74) is 3.25. The van der Waals surface area contributed by atoms with Gasteiger partial charge in [-0.25, -0.2) is 31.5 Å². The van der Waals surface area contributed by atoms with Crippen molar-refractivity contribution >= 4 is 54.9 Å². The van der Waals surface area contributed by atoms with Gasteiger partial charge in [0.2, 0.25) is 11.9 Å². The number of rotatable bonds is 9. The smallest absolute Gasteiger partial charge is 0.264 e. The van der Waals surface area contributed by atoms with E-state index in [1.165, 1.54) is 36.4 Å². The van der Waals surface area contributed by atoms with E-state index in [1.807, 2.05) is 6.92 Å². The number of halogens is 1. The average Bonchev–Trinajstić information content (AvgIpc) is 2.87. The Morgan fingerprint density at radius 1 is 0.805 bits per heavy atom. The van der Waals surface area contributed by atoms with Crippen LogP contribution in [0.2, 0.25) is 5.02 Å². The van der Waals surface area contributed by atoms with Crippen LogP contribution >= 0.6 is 11.6 Å². The predicted octanol–water partition coefficient (Wildman–Crippen LogP) is 5.00. The topological polar surface area (TPSA) is 138 Å². The molecule has 0 aliphatic carbocycles. The Labute approximate surface area is 244 Å². The maximum absolute atomic E-state index is 13.6. The second kappa shape index (κ2) is 11.9. The van der Waals surface area contributed by atoms with E-state index in [0.717, 1.165) is 9.87 Å². The molecule has 2 N–H and O–H groups in total. The van der Waals surface area contributed by atoms with Gasteiger partial charge in [0.05, 0.1) is 15.5 Å². The van der Waals surface area contributed by atoms with Crippen molar-refractivity contribution in [2.45, 2.75) is 37.5 Å².